The third-order valence-electron chi connectivity index (χ3n) is 3.43. The highest BCUT2D eigenvalue weighted by atomic mass is 16.5. The molecule has 0 N–H and O–H groups in total. The first-order chi connectivity index (χ1) is 8.40. The van der Waals surface area contributed by atoms with Crippen LogP contribution in [0.3, 0.4) is 0 Å². The number of hydrogen-bond acceptors (Lipinski definition) is 2. The van der Waals surface area contributed by atoms with E-state index in [2.05, 4.69) is 30.8 Å². The molecular weight excluding hydrogens is 224 g/mol. The highest BCUT2D eigenvalue weighted by Crippen LogP contribution is 2.34. The number of benzene rings is 1. The molecule has 98 valence electrons. The van der Waals surface area contributed by atoms with Crippen LogP contribution in [-0.2, 0) is 14.9 Å². The molecule has 1 atom stereocenters. The van der Waals surface area contributed by atoms with E-state index in [1.54, 1.807) is 0 Å². The topological polar surface area (TPSA) is 26.3 Å². The number of allylic oxidation sites excluding steroid dienone is 1. The summed E-state index contributed by atoms with van der Waals surface area (Å²) in [6.45, 7) is 12.3. The fourth-order valence-electron chi connectivity index (χ4n) is 1.92. The lowest BCUT2D eigenvalue weighted by atomic mass is 9.74. The van der Waals surface area contributed by atoms with E-state index in [9.17, 15) is 4.79 Å². The second kappa shape index (κ2) is 5.85. The molecule has 0 saturated carbocycles. The van der Waals surface area contributed by atoms with E-state index in [4.69, 9.17) is 4.74 Å². The molecule has 0 spiro atoms. The minimum atomic E-state index is -0.361. The van der Waals surface area contributed by atoms with Crippen molar-refractivity contribution in [3.63, 3.8) is 0 Å². The minimum absolute atomic E-state index is 0.177. The van der Waals surface area contributed by atoms with Gasteiger partial charge in [0.05, 0.1) is 13.0 Å². The number of hydrogen-bond donors (Lipinski definition) is 0. The predicted octanol–water partition coefficient (Wildman–Crippen LogP) is 3.78. The standard InChI is InChI=1S/C16H22O2/c1-6-18-15(17)11-16(5,12(2)3)14-9-7-13(4)8-10-14/h7-10H,2,6,11H2,1,3-5H3. The Morgan fingerprint density at radius 3 is 2.33 bits per heavy atom. The first-order valence-corrected chi connectivity index (χ1v) is 6.29. The maximum Gasteiger partial charge on any atom is 0.306 e. The summed E-state index contributed by atoms with van der Waals surface area (Å²) in [5.74, 6) is -0.177. The van der Waals surface area contributed by atoms with Gasteiger partial charge in [0.1, 0.15) is 0 Å². The van der Waals surface area contributed by atoms with Crippen molar-refractivity contribution in [1.29, 1.82) is 0 Å². The Hall–Kier alpha value is -1.57. The molecule has 18 heavy (non-hydrogen) atoms. The van der Waals surface area contributed by atoms with E-state index in [-0.39, 0.29) is 11.4 Å². The molecule has 0 heterocycles. The van der Waals surface area contributed by atoms with Crippen LogP contribution in [0.2, 0.25) is 0 Å². The van der Waals surface area contributed by atoms with Gasteiger partial charge >= 0.3 is 5.97 Å². The average molecular weight is 246 g/mol. The Morgan fingerprint density at radius 2 is 1.89 bits per heavy atom. The zero-order valence-electron chi connectivity index (χ0n) is 11.7. The van der Waals surface area contributed by atoms with Gasteiger partial charge in [-0.05, 0) is 26.3 Å². The van der Waals surface area contributed by atoms with Crippen LogP contribution in [0.5, 0.6) is 0 Å². The van der Waals surface area contributed by atoms with Crippen LogP contribution in [0.15, 0.2) is 36.4 Å². The van der Waals surface area contributed by atoms with E-state index in [0.29, 0.717) is 13.0 Å². The first-order valence-electron chi connectivity index (χ1n) is 6.29. The number of esters is 1. The lowest BCUT2D eigenvalue weighted by Gasteiger charge is -2.30. The van der Waals surface area contributed by atoms with Crippen LogP contribution in [0, 0.1) is 6.92 Å². The molecule has 0 fully saturated rings. The molecule has 0 bridgehead atoms. The molecule has 0 radical (unpaired) electrons. The van der Waals surface area contributed by atoms with Crippen LogP contribution in [0.1, 0.15) is 38.3 Å². The van der Waals surface area contributed by atoms with E-state index in [1.165, 1.54) is 5.56 Å². The maximum absolute atomic E-state index is 11.7. The summed E-state index contributed by atoms with van der Waals surface area (Å²) in [5, 5.41) is 0. The summed E-state index contributed by atoms with van der Waals surface area (Å²) >= 11 is 0. The zero-order chi connectivity index (χ0) is 13.8. The van der Waals surface area contributed by atoms with Crippen molar-refractivity contribution in [2.45, 2.75) is 39.5 Å². The van der Waals surface area contributed by atoms with Gasteiger partial charge in [0.15, 0.2) is 0 Å². The van der Waals surface area contributed by atoms with E-state index < -0.39 is 0 Å². The average Bonchev–Trinajstić information content (AvgIpc) is 2.29. The third-order valence-corrected chi connectivity index (χ3v) is 3.43. The maximum atomic E-state index is 11.7. The van der Waals surface area contributed by atoms with Gasteiger partial charge in [-0.2, -0.15) is 0 Å². The Balaban J connectivity index is 3.03. The summed E-state index contributed by atoms with van der Waals surface area (Å²) in [4.78, 5) is 11.7. The monoisotopic (exact) mass is 246 g/mol. The molecule has 0 saturated heterocycles. The third kappa shape index (κ3) is 3.22. The first kappa shape index (κ1) is 14.5. The number of carbonyl (C=O) groups excluding carboxylic acids is 1. The van der Waals surface area contributed by atoms with Crippen molar-refractivity contribution < 1.29 is 9.53 Å². The molecule has 1 rings (SSSR count). The van der Waals surface area contributed by atoms with Crippen LogP contribution >= 0.6 is 0 Å². The Labute approximate surface area is 110 Å². The van der Waals surface area contributed by atoms with Crippen LogP contribution in [0.25, 0.3) is 0 Å². The van der Waals surface area contributed by atoms with Gasteiger partial charge in [-0.25, -0.2) is 0 Å². The molecule has 0 aliphatic rings. The van der Waals surface area contributed by atoms with Crippen LogP contribution in [-0.4, -0.2) is 12.6 Å². The van der Waals surface area contributed by atoms with Crippen molar-refractivity contribution in [3.05, 3.63) is 47.5 Å². The van der Waals surface area contributed by atoms with Crippen molar-refractivity contribution in [3.8, 4) is 0 Å². The van der Waals surface area contributed by atoms with Gasteiger partial charge in [-0.3, -0.25) is 4.79 Å². The second-order valence-corrected chi connectivity index (χ2v) is 4.96. The quantitative estimate of drug-likeness (QED) is 0.583. The summed E-state index contributed by atoms with van der Waals surface area (Å²) in [6, 6.07) is 8.23. The number of rotatable bonds is 5. The van der Waals surface area contributed by atoms with Crippen molar-refractivity contribution >= 4 is 5.97 Å². The molecule has 1 aromatic rings. The second-order valence-electron chi connectivity index (χ2n) is 4.96. The van der Waals surface area contributed by atoms with Crippen molar-refractivity contribution in [2.24, 2.45) is 0 Å². The van der Waals surface area contributed by atoms with Gasteiger partial charge < -0.3 is 4.74 Å². The number of aryl methyl sites for hydroxylation is 1. The van der Waals surface area contributed by atoms with E-state index in [0.717, 1.165) is 11.1 Å². The van der Waals surface area contributed by atoms with Gasteiger partial charge in [-0.1, -0.05) is 48.9 Å². The molecular formula is C16H22O2. The SMILES string of the molecule is C=C(C)C(C)(CC(=O)OCC)c1ccc(C)cc1. The van der Waals surface area contributed by atoms with E-state index in [1.807, 2.05) is 27.7 Å². The highest BCUT2D eigenvalue weighted by molar-refractivity contribution is 5.72. The minimum Gasteiger partial charge on any atom is -0.466 e. The molecule has 0 aliphatic carbocycles. The fraction of sp³-hybridized carbons (Fsp3) is 0.438. The van der Waals surface area contributed by atoms with E-state index >= 15 is 0 Å². The smallest absolute Gasteiger partial charge is 0.306 e. The van der Waals surface area contributed by atoms with Crippen LogP contribution < -0.4 is 0 Å². The normalized spacial score (nSPS) is 13.8. The predicted molar refractivity (Wildman–Crippen MR) is 74.6 cm³/mol. The molecule has 0 amide bonds. The largest absolute Gasteiger partial charge is 0.466 e. The van der Waals surface area contributed by atoms with Gasteiger partial charge in [0, 0.05) is 5.41 Å². The molecule has 1 aromatic carbocycles. The van der Waals surface area contributed by atoms with Gasteiger partial charge in [0.2, 0.25) is 0 Å². The summed E-state index contributed by atoms with van der Waals surface area (Å²) < 4.78 is 5.05. The Morgan fingerprint density at radius 1 is 1.33 bits per heavy atom. The lowest BCUT2D eigenvalue weighted by Crippen LogP contribution is -2.27. The molecule has 0 aliphatic heterocycles. The lowest BCUT2D eigenvalue weighted by molar-refractivity contribution is -0.144. The molecule has 2 nitrogen and oxygen atoms in total. The summed E-state index contributed by atoms with van der Waals surface area (Å²) in [5.41, 5.74) is 2.92. The zero-order valence-corrected chi connectivity index (χ0v) is 11.7. The number of ether oxygens (including phenoxy) is 1. The van der Waals surface area contributed by atoms with Gasteiger partial charge in [0.25, 0.3) is 0 Å². The van der Waals surface area contributed by atoms with Gasteiger partial charge in [-0.15, -0.1) is 0 Å². The summed E-state index contributed by atoms with van der Waals surface area (Å²) in [6.07, 6.45) is 0.333. The fourth-order valence-corrected chi connectivity index (χ4v) is 1.92. The molecule has 1 unspecified atom stereocenters. The Kier molecular flexibility index (Phi) is 4.71. The Bertz CT molecular complexity index is 431. The van der Waals surface area contributed by atoms with Crippen LogP contribution in [0.4, 0.5) is 0 Å². The highest BCUT2D eigenvalue weighted by Gasteiger charge is 2.31. The number of carbonyl (C=O) groups is 1. The molecule has 2 heteroatoms. The summed E-state index contributed by atoms with van der Waals surface area (Å²) in [7, 11) is 0. The van der Waals surface area contributed by atoms with Crippen molar-refractivity contribution in [2.75, 3.05) is 6.61 Å². The van der Waals surface area contributed by atoms with Crippen molar-refractivity contribution in [1.82, 2.24) is 0 Å². The molecule has 0 aromatic heterocycles.